The fourth-order valence-corrected chi connectivity index (χ4v) is 5.39. The van der Waals surface area contributed by atoms with Gasteiger partial charge in [0.05, 0.1) is 0 Å². The Hall–Kier alpha value is -2.13. The summed E-state index contributed by atoms with van der Waals surface area (Å²) in [5.74, 6) is 0.952. The van der Waals surface area contributed by atoms with Gasteiger partial charge in [-0.05, 0) is 105 Å². The second-order valence-corrected chi connectivity index (χ2v) is 10.2. The number of hydrogen-bond acceptors (Lipinski definition) is 2. The lowest BCUT2D eigenvalue weighted by Gasteiger charge is -2.33. The lowest BCUT2D eigenvalue weighted by atomic mass is 9.91. The largest absolute Gasteiger partial charge is 0.349 e. The summed E-state index contributed by atoms with van der Waals surface area (Å²) in [6, 6.07) is 16.5. The Balaban J connectivity index is 1.30. The number of nitrogens with zero attached hydrogens (tertiary/aromatic N) is 2. The maximum absolute atomic E-state index is 11.9. The Morgan fingerprint density at radius 2 is 1.66 bits per heavy atom. The van der Waals surface area contributed by atoms with Crippen LogP contribution in [0.25, 0.3) is 0 Å². The van der Waals surface area contributed by atoms with Gasteiger partial charge in [0, 0.05) is 27.1 Å². The second-order valence-electron chi connectivity index (χ2n) is 10.2. The van der Waals surface area contributed by atoms with Crippen molar-refractivity contribution in [3.05, 3.63) is 70.3 Å². The second kappa shape index (κ2) is 11.1. The molecule has 2 aromatic rings. The molecule has 1 aliphatic heterocycles. The van der Waals surface area contributed by atoms with Crippen LogP contribution in [0.1, 0.15) is 59.9 Å². The van der Waals surface area contributed by atoms with Crippen LogP contribution in [-0.2, 0) is 36.9 Å². The number of rotatable bonds is 7. The van der Waals surface area contributed by atoms with Crippen LogP contribution in [0.15, 0.2) is 42.5 Å². The molecule has 7 rings (SSSR count). The maximum Gasteiger partial charge on any atom is 0.222 e. The van der Waals surface area contributed by atoms with Gasteiger partial charge in [-0.25, -0.2) is 0 Å². The van der Waals surface area contributed by atoms with Gasteiger partial charge in [0.2, 0.25) is 5.91 Å². The molecule has 5 aliphatic rings. The highest BCUT2D eigenvalue weighted by molar-refractivity contribution is 5.75. The smallest absolute Gasteiger partial charge is 0.222 e. The summed E-state index contributed by atoms with van der Waals surface area (Å²) >= 11 is 0. The van der Waals surface area contributed by atoms with E-state index in [9.17, 15) is 4.79 Å². The van der Waals surface area contributed by atoms with E-state index in [2.05, 4.69) is 47.4 Å². The standard InChI is InChI=1S/C29H40N2O/c1-30(2)29(32)18-15-26-5-3-19-31(22-26)20-4-6-28-21-25-12-11-23-7-9-24(10-8-23)13-16-27(28)17-14-25/h7-10,14,17,21,26H,3-6,11-13,15-16,18-20,22H2,1-2H3. The van der Waals surface area contributed by atoms with E-state index in [0.717, 1.165) is 32.1 Å². The van der Waals surface area contributed by atoms with Crippen LogP contribution in [0.4, 0.5) is 0 Å². The van der Waals surface area contributed by atoms with E-state index >= 15 is 0 Å². The van der Waals surface area contributed by atoms with Gasteiger partial charge in [-0.3, -0.25) is 4.79 Å². The summed E-state index contributed by atoms with van der Waals surface area (Å²) in [5, 5.41) is 0. The summed E-state index contributed by atoms with van der Waals surface area (Å²) < 4.78 is 0. The highest BCUT2D eigenvalue weighted by Crippen LogP contribution is 2.23. The van der Waals surface area contributed by atoms with Crippen LogP contribution in [0.3, 0.4) is 0 Å². The molecule has 0 N–H and O–H groups in total. The Kier molecular flexibility index (Phi) is 8.02. The molecule has 1 unspecified atom stereocenters. The van der Waals surface area contributed by atoms with Crippen LogP contribution < -0.4 is 0 Å². The predicted octanol–water partition coefficient (Wildman–Crippen LogP) is 5.08. The molecule has 1 amide bonds. The van der Waals surface area contributed by atoms with Gasteiger partial charge in [-0.1, -0.05) is 42.5 Å². The quantitative estimate of drug-likeness (QED) is 0.609. The van der Waals surface area contributed by atoms with Crippen LogP contribution >= 0.6 is 0 Å². The number of amides is 1. The van der Waals surface area contributed by atoms with Gasteiger partial charge in [-0.2, -0.15) is 0 Å². The third-order valence-corrected chi connectivity index (χ3v) is 7.47. The fraction of sp³-hybridized carbons (Fsp3) is 0.552. The summed E-state index contributed by atoms with van der Waals surface area (Å²) in [6.07, 6.45) is 11.2. The summed E-state index contributed by atoms with van der Waals surface area (Å²) in [5.41, 5.74) is 7.50. The molecule has 172 valence electrons. The van der Waals surface area contributed by atoms with Gasteiger partial charge in [0.1, 0.15) is 0 Å². The molecule has 3 nitrogen and oxygen atoms in total. The van der Waals surface area contributed by atoms with Crippen LogP contribution in [0, 0.1) is 5.92 Å². The van der Waals surface area contributed by atoms with Crippen LogP contribution in [0.2, 0.25) is 0 Å². The number of benzene rings is 2. The first kappa shape index (κ1) is 23.0. The Morgan fingerprint density at radius 1 is 0.969 bits per heavy atom. The number of likely N-dealkylation sites (tertiary alicyclic amines) is 1. The SMILES string of the molecule is CN(C)C(=O)CCC1CCCN(CCCc2cc3ccc2CCc2ccc(cc2)CC3)C1. The van der Waals surface area contributed by atoms with Gasteiger partial charge >= 0.3 is 0 Å². The van der Waals surface area contributed by atoms with Crippen LogP contribution in [0.5, 0.6) is 0 Å². The van der Waals surface area contributed by atoms with Crippen molar-refractivity contribution in [2.45, 2.75) is 64.2 Å². The third-order valence-electron chi connectivity index (χ3n) is 7.47. The fourth-order valence-electron chi connectivity index (χ4n) is 5.39. The molecule has 0 saturated carbocycles. The van der Waals surface area contributed by atoms with Crippen molar-refractivity contribution in [1.29, 1.82) is 0 Å². The molecule has 0 aromatic heterocycles. The Morgan fingerprint density at radius 3 is 2.41 bits per heavy atom. The Bertz CT molecular complexity index is 887. The minimum Gasteiger partial charge on any atom is -0.349 e. The summed E-state index contributed by atoms with van der Waals surface area (Å²) in [6.45, 7) is 3.58. The first-order valence-electron chi connectivity index (χ1n) is 12.7. The van der Waals surface area contributed by atoms with E-state index in [1.54, 1.807) is 10.5 Å². The van der Waals surface area contributed by atoms with Crippen molar-refractivity contribution < 1.29 is 4.79 Å². The van der Waals surface area contributed by atoms with Crippen molar-refractivity contribution in [3.63, 3.8) is 0 Å². The van der Waals surface area contributed by atoms with Gasteiger partial charge in [0.15, 0.2) is 0 Å². The minimum atomic E-state index is 0.268. The van der Waals surface area contributed by atoms with Gasteiger partial charge in [0.25, 0.3) is 0 Å². The number of aryl methyl sites for hydroxylation is 5. The minimum absolute atomic E-state index is 0.268. The summed E-state index contributed by atoms with van der Waals surface area (Å²) in [4.78, 5) is 16.3. The van der Waals surface area contributed by atoms with E-state index in [1.165, 1.54) is 67.6 Å². The van der Waals surface area contributed by atoms with Crippen molar-refractivity contribution in [3.8, 4) is 0 Å². The molecule has 4 bridgehead atoms. The molecular formula is C29H40N2O. The topological polar surface area (TPSA) is 23.6 Å². The third kappa shape index (κ3) is 6.45. The van der Waals surface area contributed by atoms with Crippen molar-refractivity contribution in [2.24, 2.45) is 5.92 Å². The van der Waals surface area contributed by atoms with Crippen molar-refractivity contribution in [1.82, 2.24) is 9.80 Å². The number of carbonyl (C=O) groups excluding carboxylic acids is 1. The first-order chi connectivity index (χ1) is 15.6. The van der Waals surface area contributed by atoms with E-state index in [-0.39, 0.29) is 5.91 Å². The molecule has 2 aromatic carbocycles. The molecular weight excluding hydrogens is 392 g/mol. The molecule has 3 heteroatoms. The number of carbonyl (C=O) groups is 1. The zero-order valence-electron chi connectivity index (χ0n) is 20.1. The lowest BCUT2D eigenvalue weighted by molar-refractivity contribution is -0.129. The monoisotopic (exact) mass is 432 g/mol. The maximum atomic E-state index is 11.9. The Labute approximate surface area is 194 Å². The van der Waals surface area contributed by atoms with Gasteiger partial charge < -0.3 is 9.80 Å². The van der Waals surface area contributed by atoms with Gasteiger partial charge in [-0.15, -0.1) is 0 Å². The molecule has 1 heterocycles. The molecule has 0 spiro atoms. The van der Waals surface area contributed by atoms with Crippen molar-refractivity contribution in [2.75, 3.05) is 33.7 Å². The highest BCUT2D eigenvalue weighted by Gasteiger charge is 2.20. The van der Waals surface area contributed by atoms with Crippen LogP contribution in [-0.4, -0.2) is 49.4 Å². The molecule has 0 radical (unpaired) electrons. The van der Waals surface area contributed by atoms with E-state index in [4.69, 9.17) is 0 Å². The molecule has 4 aliphatic carbocycles. The van der Waals surface area contributed by atoms with Crippen molar-refractivity contribution >= 4 is 5.91 Å². The van der Waals surface area contributed by atoms with E-state index < -0.39 is 0 Å². The molecule has 1 fully saturated rings. The average molecular weight is 433 g/mol. The molecule has 1 atom stereocenters. The lowest BCUT2D eigenvalue weighted by Crippen LogP contribution is -2.36. The molecule has 1 saturated heterocycles. The first-order valence-corrected chi connectivity index (χ1v) is 12.7. The predicted molar refractivity (Wildman–Crippen MR) is 133 cm³/mol. The summed E-state index contributed by atoms with van der Waals surface area (Å²) in [7, 11) is 3.72. The zero-order valence-corrected chi connectivity index (χ0v) is 20.1. The number of hydrogen-bond donors (Lipinski definition) is 0. The highest BCUT2D eigenvalue weighted by atomic mass is 16.2. The zero-order chi connectivity index (χ0) is 22.3. The average Bonchev–Trinajstić information content (AvgIpc) is 2.80. The molecule has 32 heavy (non-hydrogen) atoms. The number of piperidine rings is 1. The van der Waals surface area contributed by atoms with E-state index in [1.807, 2.05) is 14.1 Å². The normalized spacial score (nSPS) is 18.9. The van der Waals surface area contributed by atoms with E-state index in [0.29, 0.717) is 12.3 Å².